The van der Waals surface area contributed by atoms with E-state index in [4.69, 9.17) is 0 Å². The van der Waals surface area contributed by atoms with Gasteiger partial charge >= 0.3 is 0 Å². The molecule has 66 valence electrons. The minimum absolute atomic E-state index is 0.458. The average Bonchev–Trinajstić information content (AvgIpc) is 2.50. The highest BCUT2D eigenvalue weighted by Gasteiger charge is 2.57. The summed E-state index contributed by atoms with van der Waals surface area (Å²) in [5, 5.41) is 5.54. The van der Waals surface area contributed by atoms with Crippen molar-refractivity contribution in [1.82, 2.24) is 5.32 Å². The van der Waals surface area contributed by atoms with Crippen molar-refractivity contribution in [3.8, 4) is 0 Å². The zero-order valence-corrected chi connectivity index (χ0v) is 8.61. The van der Waals surface area contributed by atoms with Crippen LogP contribution in [0.4, 0.5) is 0 Å². The van der Waals surface area contributed by atoms with Crippen molar-refractivity contribution >= 4 is 11.3 Å². The van der Waals surface area contributed by atoms with E-state index in [0.717, 1.165) is 5.92 Å². The summed E-state index contributed by atoms with van der Waals surface area (Å²) < 4.78 is 0. The molecule has 2 atom stereocenters. The van der Waals surface area contributed by atoms with Crippen molar-refractivity contribution < 1.29 is 0 Å². The first-order valence-corrected chi connectivity index (χ1v) is 5.26. The van der Waals surface area contributed by atoms with E-state index >= 15 is 0 Å². The molecular weight excluding hydrogens is 166 g/mol. The molecule has 1 saturated carbocycles. The van der Waals surface area contributed by atoms with Crippen LogP contribution in [0.25, 0.3) is 0 Å². The van der Waals surface area contributed by atoms with Crippen molar-refractivity contribution in [3.05, 3.63) is 22.4 Å². The van der Waals surface area contributed by atoms with Gasteiger partial charge in [0.05, 0.1) is 0 Å². The lowest BCUT2D eigenvalue weighted by Gasteiger charge is -1.98. The Hall–Kier alpha value is -0.340. The number of likely N-dealkylation sites (N-methyl/N-ethyl adjacent to an activating group) is 1. The van der Waals surface area contributed by atoms with Crippen LogP contribution in [0.2, 0.25) is 0 Å². The summed E-state index contributed by atoms with van der Waals surface area (Å²) in [4.78, 5) is 1.53. The van der Waals surface area contributed by atoms with E-state index in [9.17, 15) is 0 Å². The number of hydrogen-bond acceptors (Lipinski definition) is 2. The van der Waals surface area contributed by atoms with Gasteiger partial charge in [-0.05, 0) is 23.9 Å². The molecule has 0 bridgehead atoms. The van der Waals surface area contributed by atoms with Crippen molar-refractivity contribution in [1.29, 1.82) is 0 Å². The Morgan fingerprint density at radius 3 is 2.67 bits per heavy atom. The van der Waals surface area contributed by atoms with Crippen LogP contribution in [0.5, 0.6) is 0 Å². The highest BCUT2D eigenvalue weighted by Crippen LogP contribution is 2.59. The lowest BCUT2D eigenvalue weighted by atomic mass is 10.1. The van der Waals surface area contributed by atoms with Crippen LogP contribution < -0.4 is 5.32 Å². The molecule has 1 aromatic heterocycles. The van der Waals surface area contributed by atoms with E-state index in [1.54, 1.807) is 0 Å². The molecule has 1 aromatic rings. The maximum absolute atomic E-state index is 3.37. The molecule has 2 unspecified atom stereocenters. The molecule has 1 aliphatic rings. The van der Waals surface area contributed by atoms with Gasteiger partial charge in [0.1, 0.15) is 0 Å². The van der Waals surface area contributed by atoms with Crippen LogP contribution >= 0.6 is 11.3 Å². The summed E-state index contributed by atoms with van der Waals surface area (Å²) >= 11 is 1.87. The first-order valence-electron chi connectivity index (χ1n) is 4.38. The maximum atomic E-state index is 3.37. The average molecular weight is 181 g/mol. The smallest absolute Gasteiger partial charge is 0.0204 e. The fourth-order valence-electron chi connectivity index (χ4n) is 2.18. The Labute approximate surface area is 77.8 Å². The van der Waals surface area contributed by atoms with E-state index in [1.165, 1.54) is 4.88 Å². The normalized spacial score (nSPS) is 31.9. The molecule has 0 aliphatic heterocycles. The molecule has 2 rings (SSSR count). The quantitative estimate of drug-likeness (QED) is 0.739. The zero-order valence-electron chi connectivity index (χ0n) is 7.79. The first kappa shape index (κ1) is 8.27. The molecule has 12 heavy (non-hydrogen) atoms. The molecule has 2 heteroatoms. The van der Waals surface area contributed by atoms with Gasteiger partial charge in [-0.2, -0.15) is 0 Å². The third-order valence-electron chi connectivity index (χ3n) is 2.99. The zero-order chi connectivity index (χ0) is 8.77. The topological polar surface area (TPSA) is 12.0 Å². The standard InChI is InChI=1S/C10H15NS/c1-10(2)8(9(10)11-3)7-5-4-6-12-7/h4-6,8-9,11H,1-3H3. The van der Waals surface area contributed by atoms with Gasteiger partial charge in [-0.1, -0.05) is 19.9 Å². The Kier molecular flexibility index (Phi) is 1.77. The van der Waals surface area contributed by atoms with Crippen LogP contribution in [0.1, 0.15) is 24.6 Å². The summed E-state index contributed by atoms with van der Waals surface area (Å²) in [7, 11) is 2.06. The van der Waals surface area contributed by atoms with Crippen LogP contribution in [0.3, 0.4) is 0 Å². The largest absolute Gasteiger partial charge is 0.316 e. The predicted molar refractivity (Wildman–Crippen MR) is 53.7 cm³/mol. The molecule has 0 spiro atoms. The van der Waals surface area contributed by atoms with Crippen LogP contribution in [-0.2, 0) is 0 Å². The fourth-order valence-corrected chi connectivity index (χ4v) is 3.23. The van der Waals surface area contributed by atoms with Gasteiger partial charge in [0, 0.05) is 16.8 Å². The molecule has 0 aromatic carbocycles. The predicted octanol–water partition coefficient (Wildman–Crippen LogP) is 2.46. The van der Waals surface area contributed by atoms with E-state index in [0.29, 0.717) is 11.5 Å². The molecule has 0 saturated heterocycles. The van der Waals surface area contributed by atoms with Crippen LogP contribution in [0, 0.1) is 5.41 Å². The van der Waals surface area contributed by atoms with Crippen molar-refractivity contribution in [2.24, 2.45) is 5.41 Å². The molecule has 1 nitrogen and oxygen atoms in total. The summed E-state index contributed by atoms with van der Waals surface area (Å²) in [6.07, 6.45) is 0. The molecule has 1 N–H and O–H groups in total. The third-order valence-corrected chi connectivity index (χ3v) is 3.94. The summed E-state index contributed by atoms with van der Waals surface area (Å²) in [6, 6.07) is 5.06. The van der Waals surface area contributed by atoms with Gasteiger partial charge in [0.2, 0.25) is 0 Å². The van der Waals surface area contributed by atoms with Gasteiger partial charge < -0.3 is 5.32 Å². The molecule has 0 amide bonds. The van der Waals surface area contributed by atoms with Crippen LogP contribution in [0.15, 0.2) is 17.5 Å². The SMILES string of the molecule is CNC1C(c2cccs2)C1(C)C. The second kappa shape index (κ2) is 2.57. The van der Waals surface area contributed by atoms with E-state index in [2.05, 4.69) is 43.7 Å². The van der Waals surface area contributed by atoms with E-state index in [1.807, 2.05) is 11.3 Å². The summed E-state index contributed by atoms with van der Waals surface area (Å²) in [6.45, 7) is 4.66. The van der Waals surface area contributed by atoms with Gasteiger partial charge in [-0.3, -0.25) is 0 Å². The molecule has 1 fully saturated rings. The Balaban J connectivity index is 2.19. The fraction of sp³-hybridized carbons (Fsp3) is 0.600. The summed E-state index contributed by atoms with van der Waals surface area (Å²) in [5.74, 6) is 0.738. The molecule has 1 heterocycles. The number of thiophene rings is 1. The maximum Gasteiger partial charge on any atom is 0.0204 e. The number of rotatable bonds is 2. The van der Waals surface area contributed by atoms with Crippen molar-refractivity contribution in [2.45, 2.75) is 25.8 Å². The molecule has 0 radical (unpaired) electrons. The third kappa shape index (κ3) is 1.02. The van der Waals surface area contributed by atoms with Crippen molar-refractivity contribution in [3.63, 3.8) is 0 Å². The van der Waals surface area contributed by atoms with Gasteiger partial charge in [-0.25, -0.2) is 0 Å². The highest BCUT2D eigenvalue weighted by molar-refractivity contribution is 7.10. The Bertz CT molecular complexity index is 263. The van der Waals surface area contributed by atoms with E-state index < -0.39 is 0 Å². The second-order valence-electron chi connectivity index (χ2n) is 4.08. The number of nitrogens with one attached hydrogen (secondary N) is 1. The lowest BCUT2D eigenvalue weighted by Crippen LogP contribution is -2.14. The van der Waals surface area contributed by atoms with E-state index in [-0.39, 0.29) is 0 Å². The van der Waals surface area contributed by atoms with Gasteiger partial charge in [0.15, 0.2) is 0 Å². The van der Waals surface area contributed by atoms with Crippen molar-refractivity contribution in [2.75, 3.05) is 7.05 Å². The Morgan fingerprint density at radius 2 is 2.25 bits per heavy atom. The molecule has 1 aliphatic carbocycles. The first-order chi connectivity index (χ1) is 5.68. The van der Waals surface area contributed by atoms with Crippen LogP contribution in [-0.4, -0.2) is 13.1 Å². The number of hydrogen-bond donors (Lipinski definition) is 1. The monoisotopic (exact) mass is 181 g/mol. The minimum Gasteiger partial charge on any atom is -0.316 e. The highest BCUT2D eigenvalue weighted by atomic mass is 32.1. The molecular formula is C10H15NS. The van der Waals surface area contributed by atoms with Gasteiger partial charge in [-0.15, -0.1) is 11.3 Å². The minimum atomic E-state index is 0.458. The second-order valence-corrected chi connectivity index (χ2v) is 5.06. The lowest BCUT2D eigenvalue weighted by molar-refractivity contribution is 0.568. The van der Waals surface area contributed by atoms with Gasteiger partial charge in [0.25, 0.3) is 0 Å². The Morgan fingerprint density at radius 1 is 1.50 bits per heavy atom. The summed E-state index contributed by atoms with van der Waals surface area (Å²) in [5.41, 5.74) is 0.458.